The maximum absolute atomic E-state index is 5.48. The zero-order chi connectivity index (χ0) is 14.5. The van der Waals surface area contributed by atoms with Crippen molar-refractivity contribution < 1.29 is 4.74 Å². The van der Waals surface area contributed by atoms with E-state index in [1.165, 1.54) is 57.2 Å². The van der Waals surface area contributed by atoms with Gasteiger partial charge in [-0.05, 0) is 75.6 Å². The summed E-state index contributed by atoms with van der Waals surface area (Å²) < 4.78 is 5.48. The van der Waals surface area contributed by atoms with Gasteiger partial charge in [-0.2, -0.15) is 0 Å². The standard InChI is InChI=1S/C18H28N2O/c1-15-13-16(6-9-19-15)4-5-18-3-2-10-20(18)14-17-7-11-21-12-8-17/h6,9,13,17-18H,2-5,7-8,10-12,14H2,1H3/t18-/m1/s1. The highest BCUT2D eigenvalue weighted by molar-refractivity contribution is 5.15. The normalized spacial score (nSPS) is 24.5. The van der Waals surface area contributed by atoms with Gasteiger partial charge in [0, 0.05) is 37.7 Å². The Morgan fingerprint density at radius 1 is 1.29 bits per heavy atom. The lowest BCUT2D eigenvalue weighted by atomic mass is 9.98. The van der Waals surface area contributed by atoms with Crippen LogP contribution in [-0.2, 0) is 11.2 Å². The quantitative estimate of drug-likeness (QED) is 0.832. The van der Waals surface area contributed by atoms with Gasteiger partial charge in [-0.15, -0.1) is 0 Å². The zero-order valence-electron chi connectivity index (χ0n) is 13.3. The summed E-state index contributed by atoms with van der Waals surface area (Å²) in [5.74, 6) is 0.863. The van der Waals surface area contributed by atoms with E-state index in [4.69, 9.17) is 4.74 Å². The molecule has 2 saturated heterocycles. The van der Waals surface area contributed by atoms with Gasteiger partial charge in [-0.1, -0.05) is 0 Å². The summed E-state index contributed by atoms with van der Waals surface area (Å²) in [6.45, 7) is 6.62. The van der Waals surface area contributed by atoms with Gasteiger partial charge >= 0.3 is 0 Å². The van der Waals surface area contributed by atoms with Crippen LogP contribution < -0.4 is 0 Å². The molecule has 2 fully saturated rings. The molecule has 2 aliphatic rings. The van der Waals surface area contributed by atoms with Crippen LogP contribution in [0.5, 0.6) is 0 Å². The number of hydrogen-bond donors (Lipinski definition) is 0. The molecular formula is C18H28N2O. The first kappa shape index (κ1) is 15.0. The van der Waals surface area contributed by atoms with E-state index in [0.717, 1.165) is 30.9 Å². The fourth-order valence-corrected chi connectivity index (χ4v) is 3.82. The molecular weight excluding hydrogens is 260 g/mol. The van der Waals surface area contributed by atoms with E-state index in [1.807, 2.05) is 6.20 Å². The van der Waals surface area contributed by atoms with E-state index in [1.54, 1.807) is 0 Å². The summed E-state index contributed by atoms with van der Waals surface area (Å²) in [5, 5.41) is 0. The van der Waals surface area contributed by atoms with Gasteiger partial charge < -0.3 is 9.64 Å². The molecule has 0 saturated carbocycles. The van der Waals surface area contributed by atoms with Crippen molar-refractivity contribution in [2.24, 2.45) is 5.92 Å². The predicted octanol–water partition coefficient (Wildman–Crippen LogP) is 3.21. The average Bonchev–Trinajstić information content (AvgIpc) is 2.93. The molecule has 3 nitrogen and oxygen atoms in total. The summed E-state index contributed by atoms with van der Waals surface area (Å²) in [4.78, 5) is 7.04. The van der Waals surface area contributed by atoms with Gasteiger partial charge in [0.15, 0.2) is 0 Å². The Labute approximate surface area is 128 Å². The third-order valence-electron chi connectivity index (χ3n) is 5.06. The summed E-state index contributed by atoms with van der Waals surface area (Å²) in [5.41, 5.74) is 2.58. The monoisotopic (exact) mass is 288 g/mol. The van der Waals surface area contributed by atoms with Crippen LogP contribution in [0.4, 0.5) is 0 Å². The predicted molar refractivity (Wildman–Crippen MR) is 85.4 cm³/mol. The van der Waals surface area contributed by atoms with Crippen LogP contribution in [-0.4, -0.2) is 42.2 Å². The molecule has 0 spiro atoms. The van der Waals surface area contributed by atoms with Gasteiger partial charge in [-0.3, -0.25) is 4.98 Å². The summed E-state index contributed by atoms with van der Waals surface area (Å²) in [6.07, 6.45) is 9.71. The summed E-state index contributed by atoms with van der Waals surface area (Å²) in [6, 6.07) is 5.20. The Bertz CT molecular complexity index is 443. The third kappa shape index (κ3) is 4.27. The molecule has 0 amide bonds. The second-order valence-electron chi connectivity index (χ2n) is 6.69. The summed E-state index contributed by atoms with van der Waals surface area (Å²) >= 11 is 0. The lowest BCUT2D eigenvalue weighted by Crippen LogP contribution is -2.36. The number of ether oxygens (including phenoxy) is 1. The zero-order valence-corrected chi connectivity index (χ0v) is 13.3. The van der Waals surface area contributed by atoms with Crippen LogP contribution in [0, 0.1) is 12.8 Å². The maximum Gasteiger partial charge on any atom is 0.0469 e. The van der Waals surface area contributed by atoms with Crippen LogP contribution >= 0.6 is 0 Å². The van der Waals surface area contributed by atoms with Crippen molar-refractivity contribution in [1.29, 1.82) is 0 Å². The molecule has 0 bridgehead atoms. The molecule has 0 N–H and O–H groups in total. The molecule has 1 aromatic heterocycles. The smallest absolute Gasteiger partial charge is 0.0469 e. The minimum atomic E-state index is 0.793. The molecule has 1 aromatic rings. The van der Waals surface area contributed by atoms with Crippen LogP contribution in [0.3, 0.4) is 0 Å². The Morgan fingerprint density at radius 3 is 2.95 bits per heavy atom. The van der Waals surface area contributed by atoms with Crippen molar-refractivity contribution >= 4 is 0 Å². The first-order chi connectivity index (χ1) is 10.3. The van der Waals surface area contributed by atoms with Crippen LogP contribution in [0.15, 0.2) is 18.3 Å². The van der Waals surface area contributed by atoms with Gasteiger partial charge in [0.1, 0.15) is 0 Å². The number of aromatic nitrogens is 1. The SMILES string of the molecule is Cc1cc(CC[C@H]2CCCN2CC2CCOCC2)ccn1. The Morgan fingerprint density at radius 2 is 2.14 bits per heavy atom. The molecule has 0 aliphatic carbocycles. The van der Waals surface area contributed by atoms with E-state index < -0.39 is 0 Å². The first-order valence-electron chi connectivity index (χ1n) is 8.54. The highest BCUT2D eigenvalue weighted by Gasteiger charge is 2.27. The van der Waals surface area contributed by atoms with Crippen molar-refractivity contribution in [3.63, 3.8) is 0 Å². The highest BCUT2D eigenvalue weighted by atomic mass is 16.5. The maximum atomic E-state index is 5.48. The number of pyridine rings is 1. The lowest BCUT2D eigenvalue weighted by molar-refractivity contribution is 0.0502. The molecule has 3 heteroatoms. The Hall–Kier alpha value is -0.930. The third-order valence-corrected chi connectivity index (χ3v) is 5.06. The van der Waals surface area contributed by atoms with Gasteiger partial charge in [-0.25, -0.2) is 0 Å². The lowest BCUT2D eigenvalue weighted by Gasteiger charge is -2.31. The topological polar surface area (TPSA) is 25.4 Å². The number of nitrogens with zero attached hydrogens (tertiary/aromatic N) is 2. The van der Waals surface area contributed by atoms with E-state index >= 15 is 0 Å². The van der Waals surface area contributed by atoms with E-state index in [2.05, 4.69) is 28.9 Å². The van der Waals surface area contributed by atoms with E-state index in [0.29, 0.717) is 0 Å². The Kier molecular flexibility index (Phi) is 5.26. The van der Waals surface area contributed by atoms with E-state index in [9.17, 15) is 0 Å². The number of aryl methyl sites for hydroxylation is 2. The first-order valence-corrected chi connectivity index (χ1v) is 8.54. The largest absolute Gasteiger partial charge is 0.381 e. The van der Waals surface area contributed by atoms with Gasteiger partial charge in [0.05, 0.1) is 0 Å². The average molecular weight is 288 g/mol. The molecule has 3 rings (SSSR count). The number of hydrogen-bond acceptors (Lipinski definition) is 3. The second kappa shape index (κ2) is 7.37. The highest BCUT2D eigenvalue weighted by Crippen LogP contribution is 2.25. The molecule has 0 aromatic carbocycles. The number of likely N-dealkylation sites (tertiary alicyclic amines) is 1. The van der Waals surface area contributed by atoms with Gasteiger partial charge in [0.2, 0.25) is 0 Å². The van der Waals surface area contributed by atoms with Crippen molar-refractivity contribution in [2.75, 3.05) is 26.3 Å². The molecule has 116 valence electrons. The molecule has 3 heterocycles. The molecule has 1 atom stereocenters. The molecule has 21 heavy (non-hydrogen) atoms. The summed E-state index contributed by atoms with van der Waals surface area (Å²) in [7, 11) is 0. The van der Waals surface area contributed by atoms with Crippen LogP contribution in [0.2, 0.25) is 0 Å². The van der Waals surface area contributed by atoms with Crippen molar-refractivity contribution in [3.8, 4) is 0 Å². The van der Waals surface area contributed by atoms with Crippen molar-refractivity contribution in [1.82, 2.24) is 9.88 Å². The fourth-order valence-electron chi connectivity index (χ4n) is 3.82. The molecule has 0 radical (unpaired) electrons. The van der Waals surface area contributed by atoms with E-state index in [-0.39, 0.29) is 0 Å². The van der Waals surface area contributed by atoms with Crippen LogP contribution in [0.1, 0.15) is 43.4 Å². The fraction of sp³-hybridized carbons (Fsp3) is 0.722. The van der Waals surface area contributed by atoms with Crippen molar-refractivity contribution in [2.45, 2.75) is 51.5 Å². The minimum absolute atomic E-state index is 0.793. The minimum Gasteiger partial charge on any atom is -0.381 e. The molecule has 0 unspecified atom stereocenters. The van der Waals surface area contributed by atoms with Crippen molar-refractivity contribution in [3.05, 3.63) is 29.6 Å². The second-order valence-corrected chi connectivity index (χ2v) is 6.69. The number of rotatable bonds is 5. The molecule has 2 aliphatic heterocycles. The van der Waals surface area contributed by atoms with Gasteiger partial charge in [0.25, 0.3) is 0 Å². The van der Waals surface area contributed by atoms with Crippen LogP contribution in [0.25, 0.3) is 0 Å². The Balaban J connectivity index is 1.49.